The van der Waals surface area contributed by atoms with Gasteiger partial charge in [-0.1, -0.05) is 24.3 Å². The Morgan fingerprint density at radius 3 is 2.80 bits per heavy atom. The van der Waals surface area contributed by atoms with Gasteiger partial charge >= 0.3 is 0 Å². The van der Waals surface area contributed by atoms with Crippen molar-refractivity contribution in [2.45, 2.75) is 6.54 Å². The van der Waals surface area contributed by atoms with E-state index in [9.17, 15) is 0 Å². The normalized spacial score (nSPS) is 13.1. The zero-order chi connectivity index (χ0) is 13.3. The summed E-state index contributed by atoms with van der Waals surface area (Å²) in [6, 6.07) is 15.1. The molecule has 0 bridgehead atoms. The van der Waals surface area contributed by atoms with Crippen molar-refractivity contribution in [1.82, 2.24) is 8.97 Å². The van der Waals surface area contributed by atoms with Gasteiger partial charge in [0.05, 0.1) is 24.3 Å². The summed E-state index contributed by atoms with van der Waals surface area (Å²) in [6.07, 6.45) is 4.34. The van der Waals surface area contributed by atoms with E-state index in [-0.39, 0.29) is 0 Å². The minimum Gasteiger partial charge on any atom is -0.316 e. The van der Waals surface area contributed by atoms with Crippen LogP contribution in [-0.4, -0.2) is 8.97 Å². The summed E-state index contributed by atoms with van der Waals surface area (Å²) in [6.45, 7) is 0.970. The Bertz CT molecular complexity index is 988. The van der Waals surface area contributed by atoms with Gasteiger partial charge in [-0.3, -0.25) is 0 Å². The highest BCUT2D eigenvalue weighted by molar-refractivity contribution is 5.91. The summed E-state index contributed by atoms with van der Waals surface area (Å²) in [4.78, 5) is 0. The summed E-state index contributed by atoms with van der Waals surface area (Å²) in [5, 5.41) is 0. The van der Waals surface area contributed by atoms with Crippen molar-refractivity contribution in [3.8, 4) is 11.4 Å². The molecular weight excluding hydrogens is 246 g/mol. The van der Waals surface area contributed by atoms with Gasteiger partial charge in [0.1, 0.15) is 6.54 Å². The van der Waals surface area contributed by atoms with Crippen LogP contribution in [0.25, 0.3) is 27.9 Å². The number of benzene rings is 1. The molecule has 0 aliphatic carbocycles. The van der Waals surface area contributed by atoms with E-state index >= 15 is 0 Å². The number of aryl methyl sites for hydroxylation is 1. The van der Waals surface area contributed by atoms with Crippen LogP contribution in [-0.2, 0) is 13.6 Å². The van der Waals surface area contributed by atoms with Gasteiger partial charge in [-0.05, 0) is 18.2 Å². The first kappa shape index (κ1) is 10.3. The van der Waals surface area contributed by atoms with Gasteiger partial charge in [-0.15, -0.1) is 0 Å². The van der Waals surface area contributed by atoms with Gasteiger partial charge < -0.3 is 4.40 Å². The smallest absolute Gasteiger partial charge is 0.290 e. The third-order valence-electron chi connectivity index (χ3n) is 4.43. The Labute approximate surface area is 116 Å². The fraction of sp³-hybridized carbons (Fsp3) is 0.118. The third kappa shape index (κ3) is 1.05. The molecule has 0 saturated heterocycles. The molecule has 3 heteroatoms. The number of fused-ring (bicyclic) bond motifs is 7. The molecule has 1 aliphatic heterocycles. The quantitative estimate of drug-likeness (QED) is 0.380. The van der Waals surface area contributed by atoms with E-state index in [1.54, 1.807) is 0 Å². The molecule has 20 heavy (non-hydrogen) atoms. The zero-order valence-electron chi connectivity index (χ0n) is 11.2. The summed E-state index contributed by atoms with van der Waals surface area (Å²) in [5.41, 5.74) is 6.67. The van der Waals surface area contributed by atoms with Crippen LogP contribution in [0.1, 0.15) is 5.56 Å². The minimum atomic E-state index is 0.970. The molecule has 0 spiro atoms. The molecule has 0 atom stereocenters. The molecule has 0 unspecified atom stereocenters. The second kappa shape index (κ2) is 3.31. The molecule has 0 saturated carbocycles. The molecule has 0 fully saturated rings. The molecule has 5 rings (SSSR count). The monoisotopic (exact) mass is 260 g/mol. The Kier molecular flexibility index (Phi) is 1.70. The highest BCUT2D eigenvalue weighted by Crippen LogP contribution is 2.32. The van der Waals surface area contributed by atoms with Gasteiger partial charge in [-0.25, -0.2) is 9.13 Å². The first-order chi connectivity index (χ1) is 9.84. The molecule has 3 aromatic heterocycles. The minimum absolute atomic E-state index is 0.970. The van der Waals surface area contributed by atoms with Crippen molar-refractivity contribution in [3.63, 3.8) is 0 Å². The molecule has 4 aromatic rings. The Morgan fingerprint density at radius 1 is 1.00 bits per heavy atom. The predicted octanol–water partition coefficient (Wildman–Crippen LogP) is 2.75. The van der Waals surface area contributed by atoms with Gasteiger partial charge in [0.15, 0.2) is 5.52 Å². The van der Waals surface area contributed by atoms with Crippen molar-refractivity contribution in [2.75, 3.05) is 0 Å². The molecule has 0 radical (unpaired) electrons. The number of hydrogen-bond donors (Lipinski definition) is 0. The number of pyridine rings is 1. The molecule has 1 aliphatic rings. The standard InChI is InChI=1S/C17H14N3/c1-18-15-11-19-9-5-4-8-14(19)16(15)20-10-12-6-2-3-7-13(12)17(18)20/h2-9,11H,10H2,1H3/q+1. The highest BCUT2D eigenvalue weighted by Gasteiger charge is 2.33. The number of hydrogen-bond acceptors (Lipinski definition) is 0. The van der Waals surface area contributed by atoms with E-state index in [0.29, 0.717) is 0 Å². The average Bonchev–Trinajstić information content (AvgIpc) is 3.10. The van der Waals surface area contributed by atoms with Crippen LogP contribution in [0.3, 0.4) is 0 Å². The van der Waals surface area contributed by atoms with Crippen LogP contribution in [0, 0.1) is 0 Å². The summed E-state index contributed by atoms with van der Waals surface area (Å²) >= 11 is 0. The molecular formula is C17H14N3+. The van der Waals surface area contributed by atoms with Crippen molar-refractivity contribution >= 4 is 16.6 Å². The Morgan fingerprint density at radius 2 is 1.85 bits per heavy atom. The second-order valence-electron chi connectivity index (χ2n) is 5.48. The fourth-order valence-electron chi connectivity index (χ4n) is 3.54. The lowest BCUT2D eigenvalue weighted by atomic mass is 10.1. The summed E-state index contributed by atoms with van der Waals surface area (Å²) < 4.78 is 6.96. The highest BCUT2D eigenvalue weighted by atomic mass is 15.2. The summed E-state index contributed by atoms with van der Waals surface area (Å²) in [5.74, 6) is 1.32. The number of rotatable bonds is 0. The number of nitrogens with zero attached hydrogens (tertiary/aromatic N) is 3. The van der Waals surface area contributed by atoms with Gasteiger partial charge in [0.2, 0.25) is 5.52 Å². The van der Waals surface area contributed by atoms with E-state index in [4.69, 9.17) is 0 Å². The molecule has 0 amide bonds. The third-order valence-corrected chi connectivity index (χ3v) is 4.43. The lowest BCUT2D eigenvalue weighted by Crippen LogP contribution is -2.31. The van der Waals surface area contributed by atoms with Crippen LogP contribution in [0.5, 0.6) is 0 Å². The van der Waals surface area contributed by atoms with Crippen molar-refractivity contribution < 1.29 is 4.57 Å². The van der Waals surface area contributed by atoms with E-state index < -0.39 is 0 Å². The van der Waals surface area contributed by atoms with Crippen molar-refractivity contribution in [1.29, 1.82) is 0 Å². The number of imidazole rings is 1. The zero-order valence-corrected chi connectivity index (χ0v) is 11.2. The Hall–Kier alpha value is -2.55. The maximum atomic E-state index is 2.44. The molecule has 4 heterocycles. The van der Waals surface area contributed by atoms with Gasteiger partial charge in [0, 0.05) is 11.8 Å². The van der Waals surface area contributed by atoms with Crippen LogP contribution in [0.4, 0.5) is 0 Å². The van der Waals surface area contributed by atoms with E-state index in [1.807, 2.05) is 0 Å². The first-order valence-corrected chi connectivity index (χ1v) is 6.91. The fourth-order valence-corrected chi connectivity index (χ4v) is 3.54. The maximum Gasteiger partial charge on any atom is 0.290 e. The molecule has 3 nitrogen and oxygen atoms in total. The average molecular weight is 260 g/mol. The van der Waals surface area contributed by atoms with E-state index in [0.717, 1.165) is 6.54 Å². The number of aromatic nitrogens is 3. The lowest BCUT2D eigenvalue weighted by Gasteiger charge is -1.94. The van der Waals surface area contributed by atoms with E-state index in [1.165, 1.54) is 33.5 Å². The maximum absolute atomic E-state index is 2.44. The molecule has 1 aromatic carbocycles. The Balaban J connectivity index is 1.99. The van der Waals surface area contributed by atoms with E-state index in [2.05, 4.69) is 75.4 Å². The second-order valence-corrected chi connectivity index (χ2v) is 5.48. The lowest BCUT2D eigenvalue weighted by molar-refractivity contribution is -0.645. The van der Waals surface area contributed by atoms with Crippen LogP contribution < -0.4 is 4.57 Å². The largest absolute Gasteiger partial charge is 0.316 e. The predicted molar refractivity (Wildman–Crippen MR) is 78.6 cm³/mol. The first-order valence-electron chi connectivity index (χ1n) is 6.91. The summed E-state index contributed by atoms with van der Waals surface area (Å²) in [7, 11) is 2.16. The van der Waals surface area contributed by atoms with Gasteiger partial charge in [-0.2, -0.15) is 0 Å². The topological polar surface area (TPSA) is 13.2 Å². The van der Waals surface area contributed by atoms with Gasteiger partial charge in [0.25, 0.3) is 5.82 Å². The van der Waals surface area contributed by atoms with Crippen LogP contribution in [0.2, 0.25) is 0 Å². The van der Waals surface area contributed by atoms with Crippen LogP contribution in [0.15, 0.2) is 54.9 Å². The van der Waals surface area contributed by atoms with Crippen molar-refractivity contribution in [2.24, 2.45) is 7.05 Å². The molecule has 0 N–H and O–H groups in total. The van der Waals surface area contributed by atoms with Crippen molar-refractivity contribution in [3.05, 3.63) is 60.4 Å². The molecule has 96 valence electrons. The SMILES string of the molecule is Cn1c2[n+](c3c1cn1ccccc31)Cc1ccccc1-2. The van der Waals surface area contributed by atoms with Crippen LogP contribution >= 0.6 is 0 Å².